The van der Waals surface area contributed by atoms with Crippen LogP contribution < -0.4 is 20.8 Å². The van der Waals surface area contributed by atoms with Gasteiger partial charge in [-0.3, -0.25) is 0 Å². The highest BCUT2D eigenvalue weighted by Gasteiger charge is 1.96. The number of nitrogens with one attached hydrogen (secondary N) is 1. The summed E-state index contributed by atoms with van der Waals surface area (Å²) in [7, 11) is 1.57. The lowest BCUT2D eigenvalue weighted by atomic mass is 10.3. The summed E-state index contributed by atoms with van der Waals surface area (Å²) in [4.78, 5) is 15.0. The summed E-state index contributed by atoms with van der Waals surface area (Å²) in [5, 5.41) is 0. The van der Waals surface area contributed by atoms with Crippen molar-refractivity contribution in [1.29, 1.82) is 0 Å². The van der Waals surface area contributed by atoms with E-state index in [1.54, 1.807) is 31.4 Å². The number of hydrogen-bond acceptors (Lipinski definition) is 3. The summed E-state index contributed by atoms with van der Waals surface area (Å²) in [6.45, 7) is 0. The maximum absolute atomic E-state index is 10.3. The van der Waals surface area contributed by atoms with Crippen LogP contribution in [0.25, 0.3) is 0 Å². The molecule has 1 rings (SSSR count). The molecule has 0 radical (unpaired) electrons. The first-order chi connectivity index (χ1) is 6.22. The van der Waals surface area contributed by atoms with Crippen LogP contribution in [0.5, 0.6) is 11.5 Å². The summed E-state index contributed by atoms with van der Waals surface area (Å²) in [6, 6.07) is 5.97. The molecule has 0 aromatic heterocycles. The molecular formula is C8H10N2O3. The number of ether oxygens (including phenoxy) is 1. The molecule has 5 heteroatoms. The largest absolute Gasteiger partial charge is 0.497 e. The predicted octanol–water partition coefficient (Wildman–Crippen LogP) is 0.657. The van der Waals surface area contributed by atoms with Crippen LogP contribution >= 0.6 is 0 Å². The summed E-state index contributed by atoms with van der Waals surface area (Å²) in [6.07, 6.45) is 0. The highest BCUT2D eigenvalue weighted by molar-refractivity contribution is 5.70. The second-order valence-electron chi connectivity index (χ2n) is 2.24. The Morgan fingerprint density at radius 2 is 1.85 bits per heavy atom. The topological polar surface area (TPSA) is 73.6 Å². The van der Waals surface area contributed by atoms with Crippen LogP contribution in [0.4, 0.5) is 4.79 Å². The second-order valence-corrected chi connectivity index (χ2v) is 2.24. The van der Waals surface area contributed by atoms with Crippen molar-refractivity contribution in [3.8, 4) is 11.5 Å². The maximum Gasteiger partial charge on any atom is 0.345 e. The zero-order valence-electron chi connectivity index (χ0n) is 7.11. The molecule has 0 unspecified atom stereocenters. The highest BCUT2D eigenvalue weighted by Crippen LogP contribution is 2.15. The van der Waals surface area contributed by atoms with Gasteiger partial charge in [0.1, 0.15) is 5.75 Å². The van der Waals surface area contributed by atoms with E-state index >= 15 is 0 Å². The van der Waals surface area contributed by atoms with Crippen molar-refractivity contribution >= 4 is 6.03 Å². The van der Waals surface area contributed by atoms with Crippen molar-refractivity contribution < 1.29 is 14.4 Å². The first-order valence-corrected chi connectivity index (χ1v) is 3.58. The third-order valence-electron chi connectivity index (χ3n) is 1.33. The number of methoxy groups -OCH3 is 1. The van der Waals surface area contributed by atoms with E-state index in [-0.39, 0.29) is 0 Å². The standard InChI is InChI=1S/C8H10N2O3/c1-12-6-2-4-7(5-3-6)13-10-8(9)11/h2-5H,1H3,(H3,9,10,11). The zero-order chi connectivity index (χ0) is 9.68. The number of amides is 2. The van der Waals surface area contributed by atoms with Crippen molar-refractivity contribution in [3.63, 3.8) is 0 Å². The Balaban J connectivity index is 2.54. The van der Waals surface area contributed by atoms with Gasteiger partial charge in [-0.1, -0.05) is 0 Å². The van der Waals surface area contributed by atoms with E-state index in [0.29, 0.717) is 11.5 Å². The molecule has 0 saturated heterocycles. The van der Waals surface area contributed by atoms with E-state index in [9.17, 15) is 4.79 Å². The molecule has 0 aliphatic rings. The lowest BCUT2D eigenvalue weighted by molar-refractivity contribution is 0.185. The molecule has 13 heavy (non-hydrogen) atoms. The monoisotopic (exact) mass is 182 g/mol. The van der Waals surface area contributed by atoms with Gasteiger partial charge in [-0.2, -0.15) is 5.48 Å². The van der Waals surface area contributed by atoms with Gasteiger partial charge in [-0.05, 0) is 24.3 Å². The summed E-state index contributed by atoms with van der Waals surface area (Å²) < 4.78 is 4.93. The van der Waals surface area contributed by atoms with Crippen LogP contribution in [0.2, 0.25) is 0 Å². The lowest BCUT2D eigenvalue weighted by Gasteiger charge is -2.04. The number of primary amides is 1. The van der Waals surface area contributed by atoms with Crippen molar-refractivity contribution in [3.05, 3.63) is 24.3 Å². The number of urea groups is 1. The van der Waals surface area contributed by atoms with E-state index in [0.717, 1.165) is 0 Å². The van der Waals surface area contributed by atoms with Crippen LogP contribution in [0.1, 0.15) is 0 Å². The van der Waals surface area contributed by atoms with E-state index in [1.165, 1.54) is 0 Å². The molecule has 0 saturated carbocycles. The molecule has 0 heterocycles. The molecule has 3 N–H and O–H groups in total. The number of carbonyl (C=O) groups is 1. The van der Waals surface area contributed by atoms with Crippen molar-refractivity contribution in [2.24, 2.45) is 5.73 Å². The first-order valence-electron chi connectivity index (χ1n) is 3.58. The third-order valence-corrected chi connectivity index (χ3v) is 1.33. The number of hydrogen-bond donors (Lipinski definition) is 2. The fourth-order valence-corrected chi connectivity index (χ4v) is 0.753. The maximum atomic E-state index is 10.3. The molecule has 1 aromatic carbocycles. The normalized spacial score (nSPS) is 9.00. The number of rotatable bonds is 3. The Labute approximate surface area is 75.4 Å². The molecule has 2 amide bonds. The average Bonchev–Trinajstić information content (AvgIpc) is 2.15. The quantitative estimate of drug-likeness (QED) is 0.674. The molecule has 0 fully saturated rings. The number of hydroxylamine groups is 1. The van der Waals surface area contributed by atoms with Crippen LogP contribution in [-0.4, -0.2) is 13.1 Å². The fourth-order valence-electron chi connectivity index (χ4n) is 0.753. The summed E-state index contributed by atoms with van der Waals surface area (Å²) in [5.41, 5.74) is 6.79. The Kier molecular flexibility index (Phi) is 2.97. The molecule has 5 nitrogen and oxygen atoms in total. The molecule has 0 atom stereocenters. The Hall–Kier alpha value is -1.91. The van der Waals surface area contributed by atoms with E-state index in [2.05, 4.69) is 0 Å². The van der Waals surface area contributed by atoms with E-state index in [1.807, 2.05) is 5.48 Å². The lowest BCUT2D eigenvalue weighted by Crippen LogP contribution is -2.32. The van der Waals surface area contributed by atoms with Crippen LogP contribution in [0.3, 0.4) is 0 Å². The molecule has 0 aliphatic carbocycles. The first kappa shape index (κ1) is 9.18. The van der Waals surface area contributed by atoms with E-state index < -0.39 is 6.03 Å². The Morgan fingerprint density at radius 1 is 1.31 bits per heavy atom. The minimum absolute atomic E-state index is 0.486. The van der Waals surface area contributed by atoms with Crippen LogP contribution in [0, 0.1) is 0 Å². The fraction of sp³-hybridized carbons (Fsp3) is 0.125. The van der Waals surface area contributed by atoms with Crippen molar-refractivity contribution in [1.82, 2.24) is 5.48 Å². The second kappa shape index (κ2) is 4.20. The van der Waals surface area contributed by atoms with Gasteiger partial charge in [0.25, 0.3) is 0 Å². The number of benzene rings is 1. The molecule has 1 aromatic rings. The minimum atomic E-state index is -0.740. The smallest absolute Gasteiger partial charge is 0.345 e. The Morgan fingerprint density at radius 3 is 2.31 bits per heavy atom. The molecular weight excluding hydrogens is 172 g/mol. The number of nitrogens with two attached hydrogens (primary N) is 1. The van der Waals surface area contributed by atoms with Gasteiger partial charge in [0.2, 0.25) is 0 Å². The van der Waals surface area contributed by atoms with Gasteiger partial charge in [0.15, 0.2) is 5.75 Å². The number of carbonyl (C=O) groups excluding carboxylic acids is 1. The minimum Gasteiger partial charge on any atom is -0.497 e. The van der Waals surface area contributed by atoms with Gasteiger partial charge in [0, 0.05) is 0 Å². The molecule has 70 valence electrons. The van der Waals surface area contributed by atoms with Crippen LogP contribution in [0.15, 0.2) is 24.3 Å². The summed E-state index contributed by atoms with van der Waals surface area (Å²) >= 11 is 0. The van der Waals surface area contributed by atoms with Gasteiger partial charge < -0.3 is 15.3 Å². The summed E-state index contributed by atoms with van der Waals surface area (Å²) in [5.74, 6) is 1.20. The van der Waals surface area contributed by atoms with Gasteiger partial charge >= 0.3 is 6.03 Å². The molecule has 0 aliphatic heterocycles. The highest BCUT2D eigenvalue weighted by atomic mass is 16.7. The zero-order valence-corrected chi connectivity index (χ0v) is 7.11. The van der Waals surface area contributed by atoms with Gasteiger partial charge in [-0.25, -0.2) is 4.79 Å². The average molecular weight is 182 g/mol. The predicted molar refractivity (Wildman–Crippen MR) is 46.3 cm³/mol. The van der Waals surface area contributed by atoms with Crippen molar-refractivity contribution in [2.45, 2.75) is 0 Å². The molecule has 0 bridgehead atoms. The Bertz CT molecular complexity index is 284. The van der Waals surface area contributed by atoms with Crippen LogP contribution in [-0.2, 0) is 0 Å². The van der Waals surface area contributed by atoms with Gasteiger partial charge in [0.05, 0.1) is 7.11 Å². The molecule has 0 spiro atoms. The third kappa shape index (κ3) is 2.90. The van der Waals surface area contributed by atoms with Crippen molar-refractivity contribution in [2.75, 3.05) is 7.11 Å². The van der Waals surface area contributed by atoms with Gasteiger partial charge in [-0.15, -0.1) is 0 Å². The SMILES string of the molecule is COc1ccc(ONC(N)=O)cc1. The van der Waals surface area contributed by atoms with E-state index in [4.69, 9.17) is 15.3 Å².